The minimum Gasteiger partial charge on any atom is -0.342 e. The summed E-state index contributed by atoms with van der Waals surface area (Å²) in [4.78, 5) is 35.8. The third-order valence-electron chi connectivity index (χ3n) is 6.93. The van der Waals surface area contributed by atoms with Crippen molar-refractivity contribution in [3.05, 3.63) is 131 Å². The number of halogens is 1. The number of amides is 1. The van der Waals surface area contributed by atoms with Gasteiger partial charge in [0.2, 0.25) is 0 Å². The first-order chi connectivity index (χ1) is 21.0. The van der Waals surface area contributed by atoms with Gasteiger partial charge in [-0.1, -0.05) is 48.5 Å². The number of hydrogen-bond donors (Lipinski definition) is 1. The summed E-state index contributed by atoms with van der Waals surface area (Å²) in [5.41, 5.74) is 4.51. The van der Waals surface area contributed by atoms with Crippen molar-refractivity contribution in [3.63, 3.8) is 0 Å². The summed E-state index contributed by atoms with van der Waals surface area (Å²) in [5.74, 6) is -0.0120. The number of allylic oxidation sites excluding steroid dienone is 1. The summed E-state index contributed by atoms with van der Waals surface area (Å²) in [6, 6.07) is 20.6. The van der Waals surface area contributed by atoms with E-state index in [-0.39, 0.29) is 23.9 Å². The molecule has 0 aliphatic carbocycles. The number of nitrogens with zero attached hydrogens (tertiary/aromatic N) is 3. The molecule has 0 aliphatic rings. The molecule has 0 fully saturated rings. The van der Waals surface area contributed by atoms with Crippen LogP contribution in [0.5, 0.6) is 0 Å². The maximum Gasteiger partial charge on any atom is 0.252 e. The molecule has 218 valence electrons. The predicted octanol–water partition coefficient (Wildman–Crippen LogP) is 7.05. The van der Waals surface area contributed by atoms with Crippen LogP contribution in [0.2, 0.25) is 0 Å². The van der Waals surface area contributed by atoms with Gasteiger partial charge in [0.1, 0.15) is 10.8 Å². The first-order valence-corrected chi connectivity index (χ1v) is 16.1. The molecule has 0 radical (unpaired) electrons. The van der Waals surface area contributed by atoms with Crippen LogP contribution < -0.4 is 5.32 Å². The Kier molecular flexibility index (Phi) is 10.3. The van der Waals surface area contributed by atoms with Crippen molar-refractivity contribution in [1.29, 1.82) is 0 Å². The zero-order chi connectivity index (χ0) is 30.0. The van der Waals surface area contributed by atoms with Crippen LogP contribution in [-0.4, -0.2) is 44.3 Å². The second-order valence-electron chi connectivity index (χ2n) is 9.99. The van der Waals surface area contributed by atoms with Gasteiger partial charge in [0.05, 0.1) is 18.9 Å². The lowest BCUT2D eigenvalue weighted by Gasteiger charge is -2.19. The molecule has 1 atom stereocenters. The zero-order valence-electron chi connectivity index (χ0n) is 23.7. The molecule has 1 amide bonds. The number of benzene rings is 3. The van der Waals surface area contributed by atoms with Crippen molar-refractivity contribution >= 4 is 46.4 Å². The first kappa shape index (κ1) is 30.1. The van der Waals surface area contributed by atoms with Gasteiger partial charge in [0.25, 0.3) is 5.91 Å². The summed E-state index contributed by atoms with van der Waals surface area (Å²) in [5, 5.41) is 5.83. The van der Waals surface area contributed by atoms with Crippen molar-refractivity contribution in [1.82, 2.24) is 19.9 Å². The molecule has 0 aliphatic heterocycles. The van der Waals surface area contributed by atoms with Crippen LogP contribution in [0.3, 0.4) is 0 Å². The third kappa shape index (κ3) is 8.15. The minimum atomic E-state index is -0.632. The second kappa shape index (κ2) is 14.7. The smallest absolute Gasteiger partial charge is 0.252 e. The Morgan fingerprint density at radius 2 is 1.88 bits per heavy atom. The first-order valence-electron chi connectivity index (χ1n) is 13.8. The van der Waals surface area contributed by atoms with Gasteiger partial charge in [0.15, 0.2) is 5.78 Å². The summed E-state index contributed by atoms with van der Waals surface area (Å²) in [7, 11) is 0. The van der Waals surface area contributed by atoms with Gasteiger partial charge in [-0.2, -0.15) is 11.8 Å². The molecule has 0 bridgehead atoms. The number of ketones is 1. The maximum absolute atomic E-state index is 13.9. The number of Topliss-reactive ketones (excluding diaryl/α,β-unsaturated/α-hetero) is 1. The van der Waals surface area contributed by atoms with Gasteiger partial charge < -0.3 is 9.88 Å². The Labute approximate surface area is 258 Å². The minimum absolute atomic E-state index is 0.0379. The molecule has 0 saturated carbocycles. The average Bonchev–Trinajstić information content (AvgIpc) is 3.75. The highest BCUT2D eigenvalue weighted by Gasteiger charge is 2.23. The van der Waals surface area contributed by atoms with Crippen LogP contribution in [0.15, 0.2) is 103 Å². The monoisotopic (exact) mass is 610 g/mol. The van der Waals surface area contributed by atoms with Crippen molar-refractivity contribution in [3.8, 4) is 11.1 Å². The fourth-order valence-electron chi connectivity index (χ4n) is 4.76. The van der Waals surface area contributed by atoms with Gasteiger partial charge >= 0.3 is 0 Å². The van der Waals surface area contributed by atoms with E-state index in [0.29, 0.717) is 29.7 Å². The third-order valence-corrected chi connectivity index (χ3v) is 8.42. The summed E-state index contributed by atoms with van der Waals surface area (Å²) < 4.78 is 15.8. The van der Waals surface area contributed by atoms with Gasteiger partial charge in [-0.25, -0.2) is 14.4 Å². The van der Waals surface area contributed by atoms with Crippen LogP contribution >= 0.6 is 23.1 Å². The van der Waals surface area contributed by atoms with Gasteiger partial charge in [-0.3, -0.25) is 9.59 Å². The number of thiazole rings is 1. The van der Waals surface area contributed by atoms with Gasteiger partial charge in [-0.15, -0.1) is 11.3 Å². The number of nitrogens with one attached hydrogen (secondary N) is 1. The normalized spacial score (nSPS) is 12.2. The molecule has 5 aromatic rings. The average molecular weight is 611 g/mol. The fraction of sp³-hybridized carbons (Fsp3) is 0.176. The Balaban J connectivity index is 1.48. The molecule has 5 rings (SSSR count). The van der Waals surface area contributed by atoms with Crippen LogP contribution in [0, 0.1) is 5.82 Å². The lowest BCUT2D eigenvalue weighted by atomic mass is 9.95. The lowest BCUT2D eigenvalue weighted by Crippen LogP contribution is -2.42. The van der Waals surface area contributed by atoms with E-state index in [1.165, 1.54) is 12.1 Å². The Morgan fingerprint density at radius 1 is 1.07 bits per heavy atom. The topological polar surface area (TPSA) is 76.9 Å². The van der Waals surface area contributed by atoms with E-state index in [9.17, 15) is 14.0 Å². The molecule has 3 aromatic carbocycles. The SMILES string of the molecule is CSCC[C@H](NC(=O)c1ccc(/C=C(/Cn2ccnc2)c2nccs2)cc1-c1ccc(F)cc1)C(=O)Cc1ccccc1. The second-order valence-corrected chi connectivity index (χ2v) is 11.9. The fourth-order valence-corrected chi connectivity index (χ4v) is 5.88. The molecule has 1 N–H and O–H groups in total. The molecule has 0 saturated heterocycles. The van der Waals surface area contributed by atoms with E-state index < -0.39 is 6.04 Å². The van der Waals surface area contributed by atoms with E-state index in [1.54, 1.807) is 60.0 Å². The van der Waals surface area contributed by atoms with E-state index >= 15 is 0 Å². The zero-order valence-corrected chi connectivity index (χ0v) is 25.3. The largest absolute Gasteiger partial charge is 0.342 e. The van der Waals surface area contributed by atoms with E-state index in [0.717, 1.165) is 27.5 Å². The molecular weight excluding hydrogens is 580 g/mol. The predicted molar refractivity (Wildman–Crippen MR) is 173 cm³/mol. The van der Waals surface area contributed by atoms with Crippen molar-refractivity contribution < 1.29 is 14.0 Å². The van der Waals surface area contributed by atoms with Crippen molar-refractivity contribution in [2.75, 3.05) is 12.0 Å². The van der Waals surface area contributed by atoms with E-state index in [1.807, 2.05) is 70.9 Å². The molecule has 6 nitrogen and oxygen atoms in total. The molecule has 2 aromatic heterocycles. The number of imidazole rings is 1. The molecule has 2 heterocycles. The van der Waals surface area contributed by atoms with Crippen molar-refractivity contribution in [2.45, 2.75) is 25.4 Å². The van der Waals surface area contributed by atoms with E-state index in [2.05, 4.69) is 15.3 Å². The highest BCUT2D eigenvalue weighted by Crippen LogP contribution is 2.29. The molecule has 9 heteroatoms. The number of aromatic nitrogens is 3. The molecule has 43 heavy (non-hydrogen) atoms. The van der Waals surface area contributed by atoms with Crippen LogP contribution in [0.1, 0.15) is 32.9 Å². The maximum atomic E-state index is 13.9. The Bertz CT molecular complexity index is 1670. The van der Waals surface area contributed by atoms with Crippen LogP contribution in [-0.2, 0) is 17.8 Å². The Hall–Kier alpha value is -4.34. The number of carbonyl (C=O) groups is 2. The highest BCUT2D eigenvalue weighted by molar-refractivity contribution is 7.98. The van der Waals surface area contributed by atoms with Crippen molar-refractivity contribution in [2.24, 2.45) is 0 Å². The summed E-state index contributed by atoms with van der Waals surface area (Å²) in [6.07, 6.45) is 11.9. The van der Waals surface area contributed by atoms with Crippen LogP contribution in [0.4, 0.5) is 4.39 Å². The molecule has 0 spiro atoms. The Morgan fingerprint density at radius 3 is 2.58 bits per heavy atom. The van der Waals surface area contributed by atoms with Gasteiger partial charge in [-0.05, 0) is 71.0 Å². The molecular formula is C34H31FN4O2S2. The van der Waals surface area contributed by atoms with Gasteiger partial charge in [0, 0.05) is 41.5 Å². The van der Waals surface area contributed by atoms with E-state index in [4.69, 9.17) is 0 Å². The molecule has 0 unspecified atom stereocenters. The van der Waals surface area contributed by atoms with Crippen LogP contribution in [0.25, 0.3) is 22.8 Å². The lowest BCUT2D eigenvalue weighted by molar-refractivity contribution is -0.120. The summed E-state index contributed by atoms with van der Waals surface area (Å²) >= 11 is 3.18. The highest BCUT2D eigenvalue weighted by atomic mass is 32.2. The number of hydrogen-bond acceptors (Lipinski definition) is 6. The summed E-state index contributed by atoms with van der Waals surface area (Å²) in [6.45, 7) is 0.572. The number of rotatable bonds is 13. The standard InChI is InChI=1S/C34H31FN4O2S2/c1-42-17-13-31(32(40)21-24-5-3-2-4-6-24)38-33(41)29-12-7-25(20-30(29)26-8-10-28(35)11-9-26)19-27(34-37-15-18-43-34)22-39-16-14-36-23-39/h2-12,14-16,18-20,23,31H,13,17,21-22H2,1H3,(H,38,41)/b27-19-/t31-/m0/s1. The number of carbonyl (C=O) groups excluding carboxylic acids is 2. The number of thioether (sulfide) groups is 1. The quantitative estimate of drug-likeness (QED) is 0.155.